The maximum absolute atomic E-state index is 12.7. The van der Waals surface area contributed by atoms with Crippen LogP contribution in [0.25, 0.3) is 0 Å². The third-order valence-corrected chi connectivity index (χ3v) is 6.62. The smallest absolute Gasteiger partial charge is 0.307 e. The summed E-state index contributed by atoms with van der Waals surface area (Å²) in [6.07, 6.45) is 0.775. The third kappa shape index (κ3) is 5.58. The molecule has 0 saturated carbocycles. The zero-order valence-electron chi connectivity index (χ0n) is 18.2. The average molecular weight is 474 g/mol. The molecule has 2 aliphatic heterocycles. The van der Waals surface area contributed by atoms with Gasteiger partial charge in [-0.05, 0) is 48.7 Å². The van der Waals surface area contributed by atoms with Crippen LogP contribution in [0.4, 0.5) is 5.69 Å². The Morgan fingerprint density at radius 1 is 1.06 bits per heavy atom. The van der Waals surface area contributed by atoms with Gasteiger partial charge in [-0.3, -0.25) is 9.59 Å². The minimum absolute atomic E-state index is 0.00737. The van der Waals surface area contributed by atoms with E-state index in [4.69, 9.17) is 11.6 Å². The first-order valence-corrected chi connectivity index (χ1v) is 11.5. The number of aliphatic hydroxyl groups excluding tert-OH is 1. The minimum atomic E-state index is -0.948. The molecule has 4 N–H and O–H groups in total. The van der Waals surface area contributed by atoms with Crippen molar-refractivity contribution in [3.8, 4) is 5.75 Å². The number of carbonyl (C=O) groups is 2. The molecule has 2 heterocycles. The standard InChI is InChI=1S/C24H28ClN3O5/c25-17-4-1-15(2-5-17)24(33)27-9-7-18(8-10-27)26-20-13-28(14-22(20)30)21-12-19(29)6-3-16(21)11-23(31)32/h1-6,12,18,20,22,26,29-30H,7-11,13-14H2,(H,31,32)/t20?,22-/m1/s1. The van der Waals surface area contributed by atoms with Crippen molar-refractivity contribution in [3.05, 3.63) is 58.6 Å². The van der Waals surface area contributed by atoms with Gasteiger partial charge in [0, 0.05) is 54.6 Å². The molecule has 4 rings (SSSR count). The van der Waals surface area contributed by atoms with E-state index in [0.717, 1.165) is 12.8 Å². The Balaban J connectivity index is 1.34. The van der Waals surface area contributed by atoms with Gasteiger partial charge in [0.2, 0.25) is 0 Å². The van der Waals surface area contributed by atoms with Crippen LogP contribution in [-0.4, -0.2) is 76.5 Å². The Labute approximate surface area is 197 Å². The monoisotopic (exact) mass is 473 g/mol. The maximum Gasteiger partial charge on any atom is 0.307 e. The number of phenolic OH excluding ortho intramolecular Hbond substituents is 1. The first-order valence-electron chi connectivity index (χ1n) is 11.1. The molecule has 0 bridgehead atoms. The Kier molecular flexibility index (Phi) is 7.07. The molecule has 0 spiro atoms. The fraction of sp³-hybridized carbons (Fsp3) is 0.417. The van der Waals surface area contributed by atoms with Crippen molar-refractivity contribution in [2.75, 3.05) is 31.1 Å². The van der Waals surface area contributed by atoms with E-state index in [1.165, 1.54) is 6.07 Å². The predicted molar refractivity (Wildman–Crippen MR) is 125 cm³/mol. The van der Waals surface area contributed by atoms with E-state index in [1.54, 1.807) is 36.4 Å². The van der Waals surface area contributed by atoms with E-state index in [0.29, 0.717) is 48.0 Å². The van der Waals surface area contributed by atoms with Gasteiger partial charge in [0.15, 0.2) is 0 Å². The molecular weight excluding hydrogens is 446 g/mol. The quantitative estimate of drug-likeness (QED) is 0.508. The number of anilines is 1. The number of rotatable bonds is 6. The molecule has 9 heteroatoms. The lowest BCUT2D eigenvalue weighted by atomic mass is 10.0. The number of phenols is 1. The van der Waals surface area contributed by atoms with Crippen molar-refractivity contribution in [2.45, 2.75) is 37.5 Å². The number of nitrogens with zero attached hydrogens (tertiary/aromatic N) is 2. The highest BCUT2D eigenvalue weighted by Gasteiger charge is 2.35. The van der Waals surface area contributed by atoms with Gasteiger partial charge in [0.05, 0.1) is 18.6 Å². The van der Waals surface area contributed by atoms with Gasteiger partial charge in [0.25, 0.3) is 5.91 Å². The van der Waals surface area contributed by atoms with Gasteiger partial charge in [-0.2, -0.15) is 0 Å². The second-order valence-corrected chi connectivity index (χ2v) is 9.14. The molecule has 1 amide bonds. The van der Waals surface area contributed by atoms with Gasteiger partial charge in [0.1, 0.15) is 5.75 Å². The van der Waals surface area contributed by atoms with Crippen molar-refractivity contribution in [2.24, 2.45) is 0 Å². The SMILES string of the molecule is O=C(O)Cc1ccc(O)cc1N1CC(NC2CCN(C(=O)c3ccc(Cl)cc3)CC2)[C@H](O)C1. The fourth-order valence-corrected chi connectivity index (χ4v) is 4.76. The number of amides is 1. The Morgan fingerprint density at radius 3 is 2.42 bits per heavy atom. The number of β-amino-alcohol motifs (C(OH)–C–C–N with tert-alkyl or cyclic N) is 1. The van der Waals surface area contributed by atoms with E-state index in [-0.39, 0.29) is 30.2 Å². The fourth-order valence-electron chi connectivity index (χ4n) is 4.63. The van der Waals surface area contributed by atoms with Crippen LogP contribution in [0.3, 0.4) is 0 Å². The van der Waals surface area contributed by atoms with E-state index in [9.17, 15) is 24.9 Å². The number of hydrogen-bond donors (Lipinski definition) is 4. The molecule has 0 aliphatic carbocycles. The Hall–Kier alpha value is -2.81. The largest absolute Gasteiger partial charge is 0.508 e. The maximum atomic E-state index is 12.7. The molecule has 2 fully saturated rings. The molecule has 0 radical (unpaired) electrons. The normalized spacial score (nSPS) is 21.4. The van der Waals surface area contributed by atoms with Crippen LogP contribution in [0.5, 0.6) is 5.75 Å². The van der Waals surface area contributed by atoms with E-state index in [2.05, 4.69) is 5.32 Å². The van der Waals surface area contributed by atoms with Crippen molar-refractivity contribution >= 4 is 29.2 Å². The van der Waals surface area contributed by atoms with Crippen LogP contribution in [0.15, 0.2) is 42.5 Å². The summed E-state index contributed by atoms with van der Waals surface area (Å²) in [6, 6.07) is 11.5. The van der Waals surface area contributed by atoms with Crippen molar-refractivity contribution < 1.29 is 24.9 Å². The van der Waals surface area contributed by atoms with Gasteiger partial charge < -0.3 is 30.4 Å². The summed E-state index contributed by atoms with van der Waals surface area (Å²) in [5.74, 6) is -0.897. The number of benzene rings is 2. The number of aliphatic hydroxyl groups is 1. The number of hydrogen-bond acceptors (Lipinski definition) is 6. The lowest BCUT2D eigenvalue weighted by molar-refractivity contribution is -0.136. The topological polar surface area (TPSA) is 113 Å². The molecule has 33 heavy (non-hydrogen) atoms. The van der Waals surface area contributed by atoms with Crippen LogP contribution in [-0.2, 0) is 11.2 Å². The zero-order valence-corrected chi connectivity index (χ0v) is 18.9. The van der Waals surface area contributed by atoms with Crippen molar-refractivity contribution in [1.82, 2.24) is 10.2 Å². The summed E-state index contributed by atoms with van der Waals surface area (Å²) in [4.78, 5) is 27.7. The Morgan fingerprint density at radius 2 is 1.76 bits per heavy atom. The predicted octanol–water partition coefficient (Wildman–Crippen LogP) is 2.12. The van der Waals surface area contributed by atoms with E-state index >= 15 is 0 Å². The number of nitrogens with one attached hydrogen (secondary N) is 1. The average Bonchev–Trinajstić information content (AvgIpc) is 3.15. The number of carbonyl (C=O) groups excluding carboxylic acids is 1. The molecule has 1 unspecified atom stereocenters. The highest BCUT2D eigenvalue weighted by Crippen LogP contribution is 2.30. The third-order valence-electron chi connectivity index (χ3n) is 6.36. The minimum Gasteiger partial charge on any atom is -0.508 e. The highest BCUT2D eigenvalue weighted by atomic mass is 35.5. The zero-order chi connectivity index (χ0) is 23.5. The molecule has 0 aromatic heterocycles. The molecular formula is C24H28ClN3O5. The summed E-state index contributed by atoms with van der Waals surface area (Å²) in [7, 11) is 0. The van der Waals surface area contributed by atoms with Crippen molar-refractivity contribution in [1.29, 1.82) is 0 Å². The van der Waals surface area contributed by atoms with Gasteiger partial charge in [-0.15, -0.1) is 0 Å². The summed E-state index contributed by atoms with van der Waals surface area (Å²) >= 11 is 5.91. The van der Waals surface area contributed by atoms with Crippen LogP contribution in [0.1, 0.15) is 28.8 Å². The highest BCUT2D eigenvalue weighted by molar-refractivity contribution is 6.30. The summed E-state index contributed by atoms with van der Waals surface area (Å²) in [5, 5.41) is 33.9. The van der Waals surface area contributed by atoms with E-state index in [1.807, 2.05) is 9.80 Å². The number of aliphatic carboxylic acids is 1. The number of carboxylic acid groups (broad SMARTS) is 1. The lowest BCUT2D eigenvalue weighted by Gasteiger charge is -2.34. The Bertz CT molecular complexity index is 1010. The number of piperidine rings is 1. The first-order chi connectivity index (χ1) is 15.8. The van der Waals surface area contributed by atoms with Crippen LogP contribution < -0.4 is 10.2 Å². The number of likely N-dealkylation sites (tertiary alicyclic amines) is 1. The summed E-state index contributed by atoms with van der Waals surface area (Å²) < 4.78 is 0. The van der Waals surface area contributed by atoms with Crippen molar-refractivity contribution in [3.63, 3.8) is 0 Å². The lowest BCUT2D eigenvalue weighted by Crippen LogP contribution is -2.50. The number of aromatic hydroxyl groups is 1. The van der Waals surface area contributed by atoms with Crippen LogP contribution in [0.2, 0.25) is 5.02 Å². The molecule has 2 aromatic carbocycles. The summed E-state index contributed by atoms with van der Waals surface area (Å²) in [5.41, 5.74) is 1.85. The summed E-state index contributed by atoms with van der Waals surface area (Å²) in [6.45, 7) is 2.10. The molecule has 2 atom stereocenters. The molecule has 2 aromatic rings. The van der Waals surface area contributed by atoms with Crippen LogP contribution >= 0.6 is 11.6 Å². The van der Waals surface area contributed by atoms with E-state index < -0.39 is 12.1 Å². The van der Waals surface area contributed by atoms with Crippen LogP contribution in [0, 0.1) is 0 Å². The van der Waals surface area contributed by atoms with Gasteiger partial charge in [-0.25, -0.2) is 0 Å². The van der Waals surface area contributed by atoms with Gasteiger partial charge >= 0.3 is 5.97 Å². The molecule has 2 saturated heterocycles. The molecule has 2 aliphatic rings. The molecule has 8 nitrogen and oxygen atoms in total. The second kappa shape index (κ2) is 9.99. The number of carboxylic acids is 1. The second-order valence-electron chi connectivity index (χ2n) is 8.70. The number of halogens is 1. The first kappa shape index (κ1) is 23.4. The molecule has 176 valence electrons. The van der Waals surface area contributed by atoms with Gasteiger partial charge in [-0.1, -0.05) is 17.7 Å².